The Bertz CT molecular complexity index is 319. The van der Waals surface area contributed by atoms with E-state index in [-0.39, 0.29) is 12.6 Å². The van der Waals surface area contributed by atoms with Crippen LogP contribution < -0.4 is 10.6 Å². The minimum Gasteiger partial charge on any atom is -0.461 e. The smallest absolute Gasteiger partial charge is 0.330 e. The van der Waals surface area contributed by atoms with Crippen LogP contribution in [0.15, 0.2) is 12.7 Å². The summed E-state index contributed by atoms with van der Waals surface area (Å²) in [4.78, 5) is 22.2. The summed E-state index contributed by atoms with van der Waals surface area (Å²) in [5, 5.41) is 5.44. The van der Waals surface area contributed by atoms with E-state index in [0.717, 1.165) is 18.9 Å². The van der Waals surface area contributed by atoms with Gasteiger partial charge in [0.05, 0.1) is 6.54 Å². The summed E-state index contributed by atoms with van der Waals surface area (Å²) in [5.41, 5.74) is 0. The van der Waals surface area contributed by atoms with Crippen LogP contribution in [0.1, 0.15) is 71.1 Å². The van der Waals surface area contributed by atoms with E-state index in [4.69, 9.17) is 4.74 Å². The van der Waals surface area contributed by atoms with E-state index < -0.39 is 5.97 Å². The SMILES string of the molecule is C=CC(=O)OCCNC(=O)NCCCCCCCCCCCC. The lowest BCUT2D eigenvalue weighted by atomic mass is 10.1. The van der Waals surface area contributed by atoms with Gasteiger partial charge in [0.1, 0.15) is 6.61 Å². The maximum Gasteiger partial charge on any atom is 0.330 e. The van der Waals surface area contributed by atoms with Gasteiger partial charge in [-0.05, 0) is 6.42 Å². The molecule has 5 heteroatoms. The van der Waals surface area contributed by atoms with Gasteiger partial charge >= 0.3 is 12.0 Å². The number of nitrogens with one attached hydrogen (secondary N) is 2. The number of hydrogen-bond acceptors (Lipinski definition) is 3. The Morgan fingerprint density at radius 2 is 1.39 bits per heavy atom. The van der Waals surface area contributed by atoms with Crippen LogP contribution in [-0.4, -0.2) is 31.7 Å². The molecular formula is C18H34N2O3. The molecule has 0 rings (SSSR count). The van der Waals surface area contributed by atoms with E-state index >= 15 is 0 Å². The van der Waals surface area contributed by atoms with Crippen LogP contribution >= 0.6 is 0 Å². The van der Waals surface area contributed by atoms with Crippen LogP contribution in [0.4, 0.5) is 4.79 Å². The largest absolute Gasteiger partial charge is 0.461 e. The molecule has 0 aromatic carbocycles. The zero-order chi connectivity index (χ0) is 17.2. The molecule has 23 heavy (non-hydrogen) atoms. The van der Waals surface area contributed by atoms with Crippen molar-refractivity contribution in [2.24, 2.45) is 0 Å². The third-order valence-electron chi connectivity index (χ3n) is 3.61. The molecule has 0 aliphatic rings. The van der Waals surface area contributed by atoms with Gasteiger partial charge in [-0.2, -0.15) is 0 Å². The second-order valence-electron chi connectivity index (χ2n) is 5.74. The molecule has 0 atom stereocenters. The van der Waals surface area contributed by atoms with Crippen molar-refractivity contribution in [1.82, 2.24) is 10.6 Å². The van der Waals surface area contributed by atoms with Gasteiger partial charge in [-0.1, -0.05) is 71.3 Å². The fourth-order valence-electron chi connectivity index (χ4n) is 2.25. The monoisotopic (exact) mass is 326 g/mol. The number of esters is 1. The van der Waals surface area contributed by atoms with Crippen molar-refractivity contribution in [3.05, 3.63) is 12.7 Å². The van der Waals surface area contributed by atoms with Crippen molar-refractivity contribution in [3.8, 4) is 0 Å². The zero-order valence-electron chi connectivity index (χ0n) is 14.7. The van der Waals surface area contributed by atoms with E-state index in [9.17, 15) is 9.59 Å². The Hall–Kier alpha value is -1.52. The molecule has 0 aromatic heterocycles. The first-order valence-corrected chi connectivity index (χ1v) is 9.01. The Balaban J connectivity index is 3.20. The van der Waals surface area contributed by atoms with Gasteiger partial charge in [-0.3, -0.25) is 0 Å². The molecule has 0 bridgehead atoms. The van der Waals surface area contributed by atoms with Crippen LogP contribution in [0.5, 0.6) is 0 Å². The highest BCUT2D eigenvalue weighted by Crippen LogP contribution is 2.10. The van der Waals surface area contributed by atoms with Crippen LogP contribution in [-0.2, 0) is 9.53 Å². The molecule has 0 heterocycles. The van der Waals surface area contributed by atoms with Gasteiger partial charge in [-0.15, -0.1) is 0 Å². The molecule has 0 aliphatic heterocycles. The van der Waals surface area contributed by atoms with Crippen LogP contribution in [0.25, 0.3) is 0 Å². The number of carbonyl (C=O) groups is 2. The normalized spacial score (nSPS) is 10.1. The standard InChI is InChI=1S/C18H34N2O3/c1-3-5-6-7-8-9-10-11-12-13-14-19-18(22)20-15-16-23-17(21)4-2/h4H,2-3,5-16H2,1H3,(H2,19,20,22). The number of rotatable bonds is 15. The minimum absolute atomic E-state index is 0.163. The van der Waals surface area contributed by atoms with Gasteiger partial charge in [0.15, 0.2) is 0 Å². The number of amides is 2. The second-order valence-corrected chi connectivity index (χ2v) is 5.74. The highest BCUT2D eigenvalue weighted by molar-refractivity contribution is 5.81. The van der Waals surface area contributed by atoms with Crippen molar-refractivity contribution in [2.45, 2.75) is 71.1 Å². The second kappa shape index (κ2) is 16.8. The van der Waals surface area contributed by atoms with Crippen molar-refractivity contribution < 1.29 is 14.3 Å². The first kappa shape index (κ1) is 21.5. The van der Waals surface area contributed by atoms with Crippen molar-refractivity contribution in [1.29, 1.82) is 0 Å². The Kier molecular flexibility index (Phi) is 15.7. The highest BCUT2D eigenvalue weighted by Gasteiger charge is 2.00. The predicted octanol–water partition coefficient (Wildman–Crippen LogP) is 3.94. The molecule has 0 aromatic rings. The van der Waals surface area contributed by atoms with E-state index in [1.165, 1.54) is 51.4 Å². The molecule has 2 N–H and O–H groups in total. The summed E-state index contributed by atoms with van der Waals surface area (Å²) in [6.45, 7) is 6.70. The van der Waals surface area contributed by atoms with E-state index in [1.54, 1.807) is 0 Å². The lowest BCUT2D eigenvalue weighted by molar-refractivity contribution is -0.137. The van der Waals surface area contributed by atoms with Crippen LogP contribution in [0.2, 0.25) is 0 Å². The van der Waals surface area contributed by atoms with Crippen molar-refractivity contribution in [2.75, 3.05) is 19.7 Å². The number of hydrogen-bond donors (Lipinski definition) is 2. The van der Waals surface area contributed by atoms with Crippen LogP contribution in [0, 0.1) is 0 Å². The van der Waals surface area contributed by atoms with E-state index in [0.29, 0.717) is 13.1 Å². The topological polar surface area (TPSA) is 67.4 Å². The van der Waals surface area contributed by atoms with Crippen molar-refractivity contribution in [3.63, 3.8) is 0 Å². The third-order valence-corrected chi connectivity index (χ3v) is 3.61. The summed E-state index contributed by atoms with van der Waals surface area (Å²) in [6.07, 6.45) is 13.9. The maximum absolute atomic E-state index is 11.4. The Morgan fingerprint density at radius 3 is 1.96 bits per heavy atom. The quantitative estimate of drug-likeness (QED) is 0.272. The maximum atomic E-state index is 11.4. The summed E-state index contributed by atoms with van der Waals surface area (Å²) in [7, 11) is 0. The Morgan fingerprint density at radius 1 is 0.870 bits per heavy atom. The molecule has 0 saturated carbocycles. The molecule has 0 spiro atoms. The fraction of sp³-hybridized carbons (Fsp3) is 0.778. The van der Waals surface area contributed by atoms with Gasteiger partial charge in [0.2, 0.25) is 0 Å². The number of unbranched alkanes of at least 4 members (excludes halogenated alkanes) is 9. The van der Waals surface area contributed by atoms with Crippen LogP contribution in [0.3, 0.4) is 0 Å². The molecule has 0 radical (unpaired) electrons. The molecule has 0 fully saturated rings. The molecule has 2 amide bonds. The van der Waals surface area contributed by atoms with E-state index in [2.05, 4.69) is 24.1 Å². The molecule has 0 saturated heterocycles. The fourth-order valence-corrected chi connectivity index (χ4v) is 2.25. The average Bonchev–Trinajstić information content (AvgIpc) is 2.56. The number of urea groups is 1. The van der Waals surface area contributed by atoms with Crippen molar-refractivity contribution >= 4 is 12.0 Å². The summed E-state index contributed by atoms with van der Waals surface area (Å²) in [6, 6.07) is -0.212. The van der Waals surface area contributed by atoms with Gasteiger partial charge in [-0.25, -0.2) is 9.59 Å². The third kappa shape index (κ3) is 16.7. The first-order valence-electron chi connectivity index (χ1n) is 9.01. The average molecular weight is 326 g/mol. The number of ether oxygens (including phenoxy) is 1. The summed E-state index contributed by atoms with van der Waals surface area (Å²) >= 11 is 0. The lowest BCUT2D eigenvalue weighted by Crippen LogP contribution is -2.37. The highest BCUT2D eigenvalue weighted by atomic mass is 16.5. The molecule has 134 valence electrons. The van der Waals surface area contributed by atoms with Gasteiger partial charge < -0.3 is 15.4 Å². The predicted molar refractivity (Wildman–Crippen MR) is 94.4 cm³/mol. The summed E-state index contributed by atoms with van der Waals surface area (Å²) < 4.78 is 4.75. The van der Waals surface area contributed by atoms with Gasteiger partial charge in [0.25, 0.3) is 0 Å². The Labute approximate surface area is 141 Å². The number of carbonyl (C=O) groups excluding carboxylic acids is 2. The zero-order valence-corrected chi connectivity index (χ0v) is 14.7. The summed E-state index contributed by atoms with van der Waals surface area (Å²) in [5.74, 6) is -0.474. The molecular weight excluding hydrogens is 292 g/mol. The van der Waals surface area contributed by atoms with E-state index in [1.807, 2.05) is 0 Å². The lowest BCUT2D eigenvalue weighted by Gasteiger charge is -2.07. The van der Waals surface area contributed by atoms with Gasteiger partial charge in [0, 0.05) is 12.6 Å². The molecule has 0 aliphatic carbocycles. The molecule has 0 unspecified atom stereocenters. The first-order chi connectivity index (χ1) is 11.2. The molecule has 5 nitrogen and oxygen atoms in total. The minimum atomic E-state index is -0.474.